The molecule has 0 aliphatic heterocycles. The van der Waals surface area contributed by atoms with E-state index in [9.17, 15) is 25.4 Å². The second kappa shape index (κ2) is 3.77. The Bertz CT molecular complexity index is 589. The van der Waals surface area contributed by atoms with Crippen LogP contribution in [-0.4, -0.2) is 16.1 Å². The number of fused-ring (bicyclic) bond motifs is 5. The standard InChI is InChI=1S/C10H9N3O6/c14-11-4-8-5-1-7(9(2-5)19-13(17)18)6(8)3-10(11)12(15)16/h3-5,7,9H,1-2H2/t5-,7-,9+/m0/s1. The Balaban J connectivity index is 2.00. The second-order valence-corrected chi connectivity index (χ2v) is 4.77. The second-order valence-electron chi connectivity index (χ2n) is 4.77. The first-order valence-corrected chi connectivity index (χ1v) is 5.70. The number of nitrogens with zero attached hydrogens (tertiary/aromatic N) is 3. The Morgan fingerprint density at radius 1 is 1.26 bits per heavy atom. The van der Waals surface area contributed by atoms with E-state index in [1.165, 1.54) is 12.3 Å². The first-order chi connectivity index (χ1) is 8.97. The van der Waals surface area contributed by atoms with Crippen LogP contribution in [0.5, 0.6) is 0 Å². The van der Waals surface area contributed by atoms with Crippen LogP contribution in [0.25, 0.3) is 0 Å². The van der Waals surface area contributed by atoms with E-state index >= 15 is 0 Å². The summed E-state index contributed by atoms with van der Waals surface area (Å²) in [4.78, 5) is 25.0. The molecule has 0 spiro atoms. The van der Waals surface area contributed by atoms with Crippen molar-refractivity contribution >= 4 is 5.82 Å². The molecule has 0 amide bonds. The van der Waals surface area contributed by atoms with Crippen LogP contribution in [0.3, 0.4) is 0 Å². The van der Waals surface area contributed by atoms with Gasteiger partial charge in [-0.2, -0.15) is 0 Å². The fourth-order valence-corrected chi connectivity index (χ4v) is 3.16. The minimum Gasteiger partial charge on any atom is -0.614 e. The molecule has 19 heavy (non-hydrogen) atoms. The first-order valence-electron chi connectivity index (χ1n) is 5.70. The van der Waals surface area contributed by atoms with E-state index in [4.69, 9.17) is 0 Å². The molecule has 1 saturated carbocycles. The smallest absolute Gasteiger partial charge is 0.513 e. The fourth-order valence-electron chi connectivity index (χ4n) is 3.16. The van der Waals surface area contributed by atoms with Crippen molar-refractivity contribution in [1.82, 2.24) is 0 Å². The number of aromatic nitrogens is 1. The molecule has 2 aliphatic carbocycles. The molecule has 9 heteroatoms. The van der Waals surface area contributed by atoms with Gasteiger partial charge in [0.05, 0.1) is 6.07 Å². The molecular weight excluding hydrogens is 258 g/mol. The van der Waals surface area contributed by atoms with Crippen molar-refractivity contribution in [2.45, 2.75) is 30.8 Å². The van der Waals surface area contributed by atoms with Crippen molar-refractivity contribution < 1.29 is 19.6 Å². The normalized spacial score (nSPS) is 27.1. The van der Waals surface area contributed by atoms with E-state index in [0.29, 0.717) is 18.4 Å². The van der Waals surface area contributed by atoms with Crippen molar-refractivity contribution in [3.63, 3.8) is 0 Å². The highest BCUT2D eigenvalue weighted by Gasteiger charge is 2.48. The molecule has 0 radical (unpaired) electrons. The van der Waals surface area contributed by atoms with Crippen LogP contribution >= 0.6 is 0 Å². The number of pyridine rings is 1. The Morgan fingerprint density at radius 3 is 2.63 bits per heavy atom. The summed E-state index contributed by atoms with van der Waals surface area (Å²) in [7, 11) is 0. The quantitative estimate of drug-likeness (QED) is 0.345. The lowest BCUT2D eigenvalue weighted by molar-refractivity contribution is -0.769. The van der Waals surface area contributed by atoms with Crippen molar-refractivity contribution in [2.24, 2.45) is 0 Å². The molecule has 2 bridgehead atoms. The fraction of sp³-hybridized carbons (Fsp3) is 0.500. The summed E-state index contributed by atoms with van der Waals surface area (Å²) < 4.78 is 0.239. The Hall–Kier alpha value is -2.45. The number of hydrogen-bond acceptors (Lipinski definition) is 6. The minimum absolute atomic E-state index is 0.00551. The van der Waals surface area contributed by atoms with Gasteiger partial charge in [0.2, 0.25) is 0 Å². The predicted octanol–water partition coefficient (Wildman–Crippen LogP) is 0.780. The van der Waals surface area contributed by atoms with Crippen LogP contribution in [-0.2, 0) is 4.84 Å². The number of rotatable bonds is 3. The van der Waals surface area contributed by atoms with E-state index in [1.807, 2.05) is 0 Å². The highest BCUT2D eigenvalue weighted by molar-refractivity contribution is 5.42. The zero-order chi connectivity index (χ0) is 13.7. The van der Waals surface area contributed by atoms with Gasteiger partial charge in [0.1, 0.15) is 11.0 Å². The van der Waals surface area contributed by atoms with Crippen molar-refractivity contribution in [1.29, 1.82) is 0 Å². The summed E-state index contributed by atoms with van der Waals surface area (Å²) >= 11 is 0. The Morgan fingerprint density at radius 2 is 2.00 bits per heavy atom. The van der Waals surface area contributed by atoms with Crippen LogP contribution in [0.2, 0.25) is 0 Å². The largest absolute Gasteiger partial charge is 0.614 e. The van der Waals surface area contributed by atoms with Crippen LogP contribution in [0.15, 0.2) is 12.3 Å². The summed E-state index contributed by atoms with van der Waals surface area (Å²) in [6.07, 6.45) is 1.74. The predicted molar refractivity (Wildman–Crippen MR) is 58.6 cm³/mol. The topological polar surface area (TPSA) is 122 Å². The zero-order valence-electron chi connectivity index (χ0n) is 9.59. The SMILES string of the molecule is O=[N+]([O-])O[C@@H]1C[C@@H]2C[C@H]1c1cc([N+](=O)[O-])[n+]([O-])cc12. The average Bonchev–Trinajstić information content (AvgIpc) is 2.84. The van der Waals surface area contributed by atoms with Gasteiger partial charge in [0, 0.05) is 11.5 Å². The van der Waals surface area contributed by atoms with Gasteiger partial charge in [0.25, 0.3) is 5.09 Å². The maximum atomic E-state index is 11.5. The van der Waals surface area contributed by atoms with Gasteiger partial charge in [-0.3, -0.25) is 10.1 Å². The molecule has 1 aromatic heterocycles. The molecule has 0 N–H and O–H groups in total. The molecule has 3 rings (SSSR count). The van der Waals surface area contributed by atoms with Crippen LogP contribution in [0.1, 0.15) is 35.8 Å². The third-order valence-corrected chi connectivity index (χ3v) is 3.85. The lowest BCUT2D eigenvalue weighted by Crippen LogP contribution is -2.32. The summed E-state index contributed by atoms with van der Waals surface area (Å²) in [6, 6.07) is 1.21. The van der Waals surface area contributed by atoms with E-state index in [1.54, 1.807) is 0 Å². The van der Waals surface area contributed by atoms with Gasteiger partial charge < -0.3 is 10.0 Å². The number of nitro groups is 1. The molecule has 9 nitrogen and oxygen atoms in total. The molecule has 1 aromatic rings. The van der Waals surface area contributed by atoms with Gasteiger partial charge in [0.15, 0.2) is 6.20 Å². The third-order valence-electron chi connectivity index (χ3n) is 3.85. The Kier molecular flexibility index (Phi) is 2.31. The molecule has 0 aromatic carbocycles. The maximum absolute atomic E-state index is 11.5. The average molecular weight is 267 g/mol. The van der Waals surface area contributed by atoms with Gasteiger partial charge >= 0.3 is 5.82 Å². The molecule has 1 heterocycles. The van der Waals surface area contributed by atoms with E-state index in [-0.39, 0.29) is 16.6 Å². The minimum atomic E-state index is -0.837. The summed E-state index contributed by atoms with van der Waals surface area (Å²) in [5.41, 5.74) is 1.37. The van der Waals surface area contributed by atoms with Crippen LogP contribution in [0.4, 0.5) is 5.82 Å². The lowest BCUT2D eigenvalue weighted by Gasteiger charge is -2.21. The summed E-state index contributed by atoms with van der Waals surface area (Å²) in [5, 5.41) is 31.8. The molecule has 3 atom stereocenters. The third kappa shape index (κ3) is 1.65. The summed E-state index contributed by atoms with van der Waals surface area (Å²) in [6.45, 7) is 0. The van der Waals surface area contributed by atoms with Crippen LogP contribution < -0.4 is 4.73 Å². The highest BCUT2D eigenvalue weighted by Crippen LogP contribution is 2.54. The van der Waals surface area contributed by atoms with Crippen molar-refractivity contribution in [2.75, 3.05) is 0 Å². The van der Waals surface area contributed by atoms with E-state index in [0.717, 1.165) is 5.56 Å². The molecule has 0 saturated heterocycles. The highest BCUT2D eigenvalue weighted by atomic mass is 17.0. The van der Waals surface area contributed by atoms with Gasteiger partial charge in [-0.15, -0.1) is 14.8 Å². The molecule has 100 valence electrons. The van der Waals surface area contributed by atoms with Gasteiger partial charge in [-0.1, -0.05) is 0 Å². The maximum Gasteiger partial charge on any atom is 0.513 e. The van der Waals surface area contributed by atoms with Crippen molar-refractivity contribution in [3.05, 3.63) is 48.8 Å². The van der Waals surface area contributed by atoms with Crippen molar-refractivity contribution in [3.8, 4) is 0 Å². The first kappa shape index (κ1) is 11.6. The van der Waals surface area contributed by atoms with Gasteiger partial charge in [-0.25, -0.2) is 0 Å². The van der Waals surface area contributed by atoms with Gasteiger partial charge in [-0.05, 0) is 24.3 Å². The molecule has 2 aliphatic rings. The molecule has 0 unspecified atom stereocenters. The zero-order valence-corrected chi connectivity index (χ0v) is 9.59. The van der Waals surface area contributed by atoms with Crippen LogP contribution in [0, 0.1) is 25.4 Å². The van der Waals surface area contributed by atoms with E-state index in [2.05, 4.69) is 4.84 Å². The molecular formula is C10H9N3O6. The molecule has 1 fully saturated rings. The monoisotopic (exact) mass is 267 g/mol. The Labute approximate surface area is 106 Å². The van der Waals surface area contributed by atoms with E-state index < -0.39 is 21.9 Å². The summed E-state index contributed by atoms with van der Waals surface area (Å²) in [5.74, 6) is -0.803. The number of hydrogen-bond donors (Lipinski definition) is 0. The lowest BCUT2D eigenvalue weighted by atomic mass is 9.91.